The number of hydrogen-bond acceptors (Lipinski definition) is 1. The van der Waals surface area contributed by atoms with Gasteiger partial charge in [0, 0.05) is 6.42 Å². The summed E-state index contributed by atoms with van der Waals surface area (Å²) in [5.41, 5.74) is 3.57. The molecule has 1 unspecified atom stereocenters. The van der Waals surface area contributed by atoms with Crippen molar-refractivity contribution >= 4 is 11.6 Å². The largest absolute Gasteiger partial charge is 0.493 e. The minimum Gasteiger partial charge on any atom is -0.493 e. The lowest BCUT2D eigenvalue weighted by Gasteiger charge is -2.12. The van der Waals surface area contributed by atoms with Crippen LogP contribution in [0.5, 0.6) is 5.75 Å². The summed E-state index contributed by atoms with van der Waals surface area (Å²) in [6.45, 7) is 2.47. The van der Waals surface area contributed by atoms with Crippen molar-refractivity contribution in [3.63, 3.8) is 0 Å². The van der Waals surface area contributed by atoms with Crippen molar-refractivity contribution in [2.24, 2.45) is 0 Å². The maximum atomic E-state index is 13.6. The van der Waals surface area contributed by atoms with E-state index in [0.29, 0.717) is 5.56 Å². The highest BCUT2D eigenvalue weighted by Crippen LogP contribution is 2.34. The van der Waals surface area contributed by atoms with Crippen LogP contribution in [-0.4, -0.2) is 6.61 Å². The summed E-state index contributed by atoms with van der Waals surface area (Å²) >= 11 is 6.45. The van der Waals surface area contributed by atoms with E-state index in [0.717, 1.165) is 29.9 Å². The van der Waals surface area contributed by atoms with Gasteiger partial charge >= 0.3 is 0 Å². The summed E-state index contributed by atoms with van der Waals surface area (Å²) in [5, 5.41) is -0.332. The minimum absolute atomic E-state index is 0.215. The monoisotopic (exact) mass is 276 g/mol. The van der Waals surface area contributed by atoms with Crippen LogP contribution in [0.2, 0.25) is 0 Å². The third-order valence-corrected chi connectivity index (χ3v) is 4.00. The molecular weight excluding hydrogens is 263 g/mol. The Morgan fingerprint density at radius 1 is 1.16 bits per heavy atom. The second kappa shape index (κ2) is 4.86. The van der Waals surface area contributed by atoms with E-state index in [9.17, 15) is 4.39 Å². The van der Waals surface area contributed by atoms with Crippen molar-refractivity contribution in [2.45, 2.75) is 18.7 Å². The highest BCUT2D eigenvalue weighted by molar-refractivity contribution is 6.22. The fourth-order valence-corrected chi connectivity index (χ4v) is 2.59. The van der Waals surface area contributed by atoms with E-state index in [2.05, 4.69) is 6.07 Å². The molecule has 2 aromatic rings. The minimum atomic E-state index is -0.332. The molecule has 0 spiro atoms. The Morgan fingerprint density at radius 2 is 1.89 bits per heavy atom. The van der Waals surface area contributed by atoms with Gasteiger partial charge in [0.25, 0.3) is 0 Å². The first-order valence-electron chi connectivity index (χ1n) is 6.31. The van der Waals surface area contributed by atoms with Crippen LogP contribution in [0.15, 0.2) is 36.4 Å². The number of aryl methyl sites for hydroxylation is 1. The van der Waals surface area contributed by atoms with Gasteiger partial charge in [0.05, 0.1) is 12.0 Å². The van der Waals surface area contributed by atoms with Crippen LogP contribution < -0.4 is 4.74 Å². The second-order valence-corrected chi connectivity index (χ2v) is 5.27. The summed E-state index contributed by atoms with van der Waals surface area (Å²) < 4.78 is 19.1. The Bertz CT molecular complexity index is 624. The van der Waals surface area contributed by atoms with Crippen LogP contribution >= 0.6 is 11.6 Å². The Morgan fingerprint density at radius 3 is 2.68 bits per heavy atom. The SMILES string of the molecule is Cc1ccc(C(Cl)c2ccc3c(c2)CCO3)cc1F. The number of ether oxygens (including phenoxy) is 1. The molecule has 0 aromatic heterocycles. The first-order valence-corrected chi connectivity index (χ1v) is 6.74. The molecule has 19 heavy (non-hydrogen) atoms. The van der Waals surface area contributed by atoms with Crippen molar-refractivity contribution in [3.05, 3.63) is 64.5 Å². The van der Waals surface area contributed by atoms with E-state index in [1.165, 1.54) is 11.6 Å². The summed E-state index contributed by atoms with van der Waals surface area (Å²) in [5.74, 6) is 0.718. The molecule has 3 rings (SSSR count). The molecule has 3 heteroatoms. The lowest BCUT2D eigenvalue weighted by atomic mass is 10.0. The quantitative estimate of drug-likeness (QED) is 0.739. The summed E-state index contributed by atoms with van der Waals surface area (Å²) in [6.07, 6.45) is 0.912. The van der Waals surface area contributed by atoms with Crippen LogP contribution in [0, 0.1) is 12.7 Å². The molecule has 1 aliphatic heterocycles. The van der Waals surface area contributed by atoms with Crippen LogP contribution in [0.3, 0.4) is 0 Å². The molecule has 0 saturated heterocycles. The van der Waals surface area contributed by atoms with Crippen molar-refractivity contribution in [3.8, 4) is 5.75 Å². The molecule has 1 aliphatic rings. The lowest BCUT2D eigenvalue weighted by molar-refractivity contribution is 0.357. The first-order chi connectivity index (χ1) is 9.15. The zero-order chi connectivity index (χ0) is 13.4. The number of halogens is 2. The number of alkyl halides is 1. The third-order valence-electron chi connectivity index (χ3n) is 3.49. The number of fused-ring (bicyclic) bond motifs is 1. The number of benzene rings is 2. The van der Waals surface area contributed by atoms with Crippen molar-refractivity contribution in [2.75, 3.05) is 6.61 Å². The molecule has 0 amide bonds. The number of hydrogen-bond donors (Lipinski definition) is 0. The zero-order valence-electron chi connectivity index (χ0n) is 10.6. The highest BCUT2D eigenvalue weighted by atomic mass is 35.5. The first kappa shape index (κ1) is 12.5. The van der Waals surface area contributed by atoms with Crippen LogP contribution in [-0.2, 0) is 6.42 Å². The molecule has 0 aliphatic carbocycles. The van der Waals surface area contributed by atoms with E-state index in [1.54, 1.807) is 13.0 Å². The Hall–Kier alpha value is -1.54. The van der Waals surface area contributed by atoms with Crippen LogP contribution in [0.4, 0.5) is 4.39 Å². The van der Waals surface area contributed by atoms with Crippen LogP contribution in [0.1, 0.15) is 27.6 Å². The fraction of sp³-hybridized carbons (Fsp3) is 0.250. The smallest absolute Gasteiger partial charge is 0.126 e. The van der Waals surface area contributed by atoms with Gasteiger partial charge in [0.15, 0.2) is 0 Å². The molecule has 0 N–H and O–H groups in total. The predicted molar refractivity (Wildman–Crippen MR) is 74.5 cm³/mol. The van der Waals surface area contributed by atoms with E-state index < -0.39 is 0 Å². The lowest BCUT2D eigenvalue weighted by Crippen LogP contribution is -1.96. The van der Waals surface area contributed by atoms with Gasteiger partial charge in [-0.25, -0.2) is 4.39 Å². The Kier molecular flexibility index (Phi) is 3.19. The van der Waals surface area contributed by atoms with Crippen LogP contribution in [0.25, 0.3) is 0 Å². The van der Waals surface area contributed by atoms with Gasteiger partial charge in [-0.05, 0) is 41.3 Å². The van der Waals surface area contributed by atoms with Crippen molar-refractivity contribution in [1.29, 1.82) is 0 Å². The van der Waals surface area contributed by atoms with Gasteiger partial charge < -0.3 is 4.74 Å². The fourth-order valence-electron chi connectivity index (χ4n) is 2.32. The normalized spacial score (nSPS) is 14.9. The average Bonchev–Trinajstić information content (AvgIpc) is 2.88. The van der Waals surface area contributed by atoms with Gasteiger partial charge in [0.1, 0.15) is 11.6 Å². The topological polar surface area (TPSA) is 9.23 Å². The van der Waals surface area contributed by atoms with Gasteiger partial charge in [0.2, 0.25) is 0 Å². The summed E-state index contributed by atoms with van der Waals surface area (Å²) in [4.78, 5) is 0. The van der Waals surface area contributed by atoms with Crippen molar-refractivity contribution in [1.82, 2.24) is 0 Å². The van der Waals surface area contributed by atoms with E-state index in [1.807, 2.05) is 18.2 Å². The maximum absolute atomic E-state index is 13.6. The van der Waals surface area contributed by atoms with Gasteiger partial charge in [-0.3, -0.25) is 0 Å². The summed E-state index contributed by atoms with van der Waals surface area (Å²) in [6, 6.07) is 11.1. The van der Waals surface area contributed by atoms with Gasteiger partial charge in [-0.15, -0.1) is 11.6 Å². The van der Waals surface area contributed by atoms with Gasteiger partial charge in [-0.2, -0.15) is 0 Å². The third kappa shape index (κ3) is 2.33. The molecule has 0 bridgehead atoms. The van der Waals surface area contributed by atoms with E-state index in [4.69, 9.17) is 16.3 Å². The highest BCUT2D eigenvalue weighted by Gasteiger charge is 2.17. The standard InChI is InChI=1S/C16H14ClFO/c1-10-2-3-13(9-14(10)18)16(17)12-4-5-15-11(8-12)6-7-19-15/h2-5,8-9,16H,6-7H2,1H3. The van der Waals surface area contributed by atoms with Gasteiger partial charge in [-0.1, -0.05) is 24.3 Å². The van der Waals surface area contributed by atoms with Crippen molar-refractivity contribution < 1.29 is 9.13 Å². The molecule has 0 saturated carbocycles. The summed E-state index contributed by atoms with van der Waals surface area (Å²) in [7, 11) is 0. The maximum Gasteiger partial charge on any atom is 0.126 e. The molecule has 98 valence electrons. The van der Waals surface area contributed by atoms with E-state index >= 15 is 0 Å². The Labute approximate surface area is 117 Å². The second-order valence-electron chi connectivity index (χ2n) is 4.84. The molecule has 1 nitrogen and oxygen atoms in total. The molecule has 0 fully saturated rings. The molecule has 2 aromatic carbocycles. The number of rotatable bonds is 2. The zero-order valence-corrected chi connectivity index (χ0v) is 11.4. The Balaban J connectivity index is 1.94. The molecule has 1 atom stereocenters. The van der Waals surface area contributed by atoms with E-state index in [-0.39, 0.29) is 11.2 Å². The average molecular weight is 277 g/mol. The predicted octanol–water partition coefficient (Wildman–Crippen LogP) is 4.40. The molecule has 1 heterocycles. The molecular formula is C16H14ClFO. The molecule has 0 radical (unpaired) electrons.